The summed E-state index contributed by atoms with van der Waals surface area (Å²) in [6.45, 7) is 4.11. The van der Waals surface area contributed by atoms with Crippen molar-refractivity contribution in [2.75, 3.05) is 0 Å². The molecule has 1 aliphatic rings. The number of Topliss-reactive ketones (excluding diaryl/α,β-unsaturated/α-hetero) is 1. The van der Waals surface area contributed by atoms with Crippen LogP contribution in [0.2, 0.25) is 0 Å². The van der Waals surface area contributed by atoms with Crippen LogP contribution in [0.4, 0.5) is 0 Å². The van der Waals surface area contributed by atoms with Crippen molar-refractivity contribution in [2.24, 2.45) is 0 Å². The Morgan fingerprint density at radius 1 is 1.40 bits per heavy atom. The molecule has 80 valence electrons. The van der Waals surface area contributed by atoms with Crippen LogP contribution in [0.1, 0.15) is 42.6 Å². The molecule has 2 nitrogen and oxygen atoms in total. The Labute approximate surface area is 90.3 Å². The third-order valence-corrected chi connectivity index (χ3v) is 2.92. The van der Waals surface area contributed by atoms with E-state index in [-0.39, 0.29) is 11.9 Å². The van der Waals surface area contributed by atoms with Gasteiger partial charge in [-0.15, -0.1) is 0 Å². The average Bonchev–Trinajstić information content (AvgIpc) is 2.61. The first-order chi connectivity index (χ1) is 7.22. The average molecular weight is 204 g/mol. The van der Waals surface area contributed by atoms with Gasteiger partial charge in [-0.25, -0.2) is 0 Å². The summed E-state index contributed by atoms with van der Waals surface area (Å²) in [5.41, 5.74) is 1.96. The number of rotatable bonds is 3. The summed E-state index contributed by atoms with van der Waals surface area (Å²) < 4.78 is 5.76. The van der Waals surface area contributed by atoms with Crippen LogP contribution in [0, 0.1) is 0 Å². The van der Waals surface area contributed by atoms with Gasteiger partial charge in [0.15, 0.2) is 5.78 Å². The summed E-state index contributed by atoms with van der Waals surface area (Å²) in [7, 11) is 0. The largest absolute Gasteiger partial charge is 0.490 e. The number of benzene rings is 1. The van der Waals surface area contributed by atoms with E-state index in [0.29, 0.717) is 6.42 Å². The minimum atomic E-state index is 0.171. The Hall–Kier alpha value is -1.31. The molecule has 1 atom stereocenters. The van der Waals surface area contributed by atoms with E-state index in [9.17, 15) is 4.79 Å². The number of hydrogen-bond donors (Lipinski definition) is 0. The van der Waals surface area contributed by atoms with E-state index in [4.69, 9.17) is 4.74 Å². The molecule has 0 aliphatic heterocycles. The molecule has 0 N–H and O–H groups in total. The van der Waals surface area contributed by atoms with Gasteiger partial charge in [0, 0.05) is 6.42 Å². The minimum absolute atomic E-state index is 0.171. The molecular formula is C13H16O2. The molecule has 0 amide bonds. The topological polar surface area (TPSA) is 26.3 Å². The Bertz CT molecular complexity index is 382. The first-order valence-electron chi connectivity index (χ1n) is 5.54. The second-order valence-electron chi connectivity index (χ2n) is 4.05. The van der Waals surface area contributed by atoms with E-state index in [0.717, 1.165) is 29.7 Å². The van der Waals surface area contributed by atoms with E-state index in [1.807, 2.05) is 25.1 Å². The fourth-order valence-corrected chi connectivity index (χ4v) is 1.87. The molecule has 0 fully saturated rings. The predicted molar refractivity (Wildman–Crippen MR) is 59.5 cm³/mol. The Morgan fingerprint density at radius 3 is 2.93 bits per heavy atom. The molecule has 0 aromatic heterocycles. The highest BCUT2D eigenvalue weighted by Gasteiger charge is 2.23. The standard InChI is InChI=1S/C13H16O2/c1-3-9(2)15-12-6-4-5-10-7-8-11(14)13(10)12/h4-6,9H,3,7-8H2,1-2H3. The third-order valence-electron chi connectivity index (χ3n) is 2.92. The van der Waals surface area contributed by atoms with Gasteiger partial charge in [0.2, 0.25) is 0 Å². The van der Waals surface area contributed by atoms with Crippen LogP contribution in [-0.2, 0) is 6.42 Å². The number of carbonyl (C=O) groups excluding carboxylic acids is 1. The summed E-state index contributed by atoms with van der Waals surface area (Å²) in [5, 5.41) is 0. The van der Waals surface area contributed by atoms with Crippen LogP contribution in [0.3, 0.4) is 0 Å². The molecular weight excluding hydrogens is 188 g/mol. The van der Waals surface area contributed by atoms with Gasteiger partial charge < -0.3 is 4.74 Å². The molecule has 1 aromatic carbocycles. The van der Waals surface area contributed by atoms with Crippen molar-refractivity contribution >= 4 is 5.78 Å². The molecule has 0 radical (unpaired) electrons. The maximum absolute atomic E-state index is 11.7. The lowest BCUT2D eigenvalue weighted by Crippen LogP contribution is -2.12. The van der Waals surface area contributed by atoms with E-state index < -0.39 is 0 Å². The van der Waals surface area contributed by atoms with Gasteiger partial charge in [-0.2, -0.15) is 0 Å². The van der Waals surface area contributed by atoms with Gasteiger partial charge in [-0.1, -0.05) is 19.1 Å². The van der Waals surface area contributed by atoms with Gasteiger partial charge in [-0.3, -0.25) is 4.79 Å². The zero-order valence-corrected chi connectivity index (χ0v) is 9.25. The van der Waals surface area contributed by atoms with Crippen LogP contribution in [-0.4, -0.2) is 11.9 Å². The van der Waals surface area contributed by atoms with Crippen molar-refractivity contribution in [3.05, 3.63) is 29.3 Å². The molecule has 0 saturated carbocycles. The van der Waals surface area contributed by atoms with Crippen LogP contribution in [0.15, 0.2) is 18.2 Å². The zero-order chi connectivity index (χ0) is 10.8. The summed E-state index contributed by atoms with van der Waals surface area (Å²) in [6, 6.07) is 5.88. The normalized spacial score (nSPS) is 16.3. The molecule has 1 aliphatic carbocycles. The quantitative estimate of drug-likeness (QED) is 0.756. The Balaban J connectivity index is 2.32. The number of ether oxygens (including phenoxy) is 1. The van der Waals surface area contributed by atoms with Crippen LogP contribution >= 0.6 is 0 Å². The van der Waals surface area contributed by atoms with Crippen molar-refractivity contribution < 1.29 is 9.53 Å². The van der Waals surface area contributed by atoms with E-state index in [2.05, 4.69) is 6.92 Å². The second-order valence-corrected chi connectivity index (χ2v) is 4.05. The highest BCUT2D eigenvalue weighted by atomic mass is 16.5. The summed E-state index contributed by atoms with van der Waals surface area (Å²) in [4.78, 5) is 11.7. The van der Waals surface area contributed by atoms with Crippen molar-refractivity contribution in [3.8, 4) is 5.75 Å². The fourth-order valence-electron chi connectivity index (χ4n) is 1.87. The number of aryl methyl sites for hydroxylation is 1. The van der Waals surface area contributed by atoms with Gasteiger partial charge in [0.25, 0.3) is 0 Å². The molecule has 0 bridgehead atoms. The summed E-state index contributed by atoms with van der Waals surface area (Å²) in [5.74, 6) is 0.994. The monoisotopic (exact) mass is 204 g/mol. The van der Waals surface area contributed by atoms with Crippen LogP contribution < -0.4 is 4.74 Å². The van der Waals surface area contributed by atoms with E-state index in [1.54, 1.807) is 0 Å². The van der Waals surface area contributed by atoms with Crippen molar-refractivity contribution in [2.45, 2.75) is 39.2 Å². The van der Waals surface area contributed by atoms with Crippen molar-refractivity contribution in [1.29, 1.82) is 0 Å². The highest BCUT2D eigenvalue weighted by molar-refractivity contribution is 6.02. The lowest BCUT2D eigenvalue weighted by molar-refractivity contribution is 0.0988. The fraction of sp³-hybridized carbons (Fsp3) is 0.462. The molecule has 2 heteroatoms. The van der Waals surface area contributed by atoms with Gasteiger partial charge in [0.1, 0.15) is 5.75 Å². The summed E-state index contributed by atoms with van der Waals surface area (Å²) >= 11 is 0. The van der Waals surface area contributed by atoms with Gasteiger partial charge in [-0.05, 0) is 31.4 Å². The second kappa shape index (κ2) is 4.05. The van der Waals surface area contributed by atoms with Crippen molar-refractivity contribution in [3.63, 3.8) is 0 Å². The highest BCUT2D eigenvalue weighted by Crippen LogP contribution is 2.31. The molecule has 15 heavy (non-hydrogen) atoms. The van der Waals surface area contributed by atoms with E-state index >= 15 is 0 Å². The van der Waals surface area contributed by atoms with Crippen LogP contribution in [0.5, 0.6) is 5.75 Å². The number of fused-ring (bicyclic) bond motifs is 1. The van der Waals surface area contributed by atoms with Gasteiger partial charge >= 0.3 is 0 Å². The van der Waals surface area contributed by atoms with Crippen LogP contribution in [0.25, 0.3) is 0 Å². The lowest BCUT2D eigenvalue weighted by atomic mass is 10.1. The minimum Gasteiger partial charge on any atom is -0.490 e. The van der Waals surface area contributed by atoms with E-state index in [1.165, 1.54) is 0 Å². The Kier molecular flexibility index (Phi) is 2.76. The van der Waals surface area contributed by atoms with Crippen molar-refractivity contribution in [1.82, 2.24) is 0 Å². The first kappa shape index (κ1) is 10.2. The molecule has 1 aromatic rings. The molecule has 0 saturated heterocycles. The third kappa shape index (κ3) is 1.89. The molecule has 0 heterocycles. The maximum atomic E-state index is 11.7. The zero-order valence-electron chi connectivity index (χ0n) is 9.25. The molecule has 0 spiro atoms. The smallest absolute Gasteiger partial charge is 0.167 e. The molecule has 1 unspecified atom stereocenters. The SMILES string of the molecule is CCC(C)Oc1cccc2c1C(=O)CC2. The molecule has 2 rings (SSSR count). The lowest BCUT2D eigenvalue weighted by Gasteiger charge is -2.14. The Morgan fingerprint density at radius 2 is 2.20 bits per heavy atom. The maximum Gasteiger partial charge on any atom is 0.167 e. The number of hydrogen-bond acceptors (Lipinski definition) is 2. The number of carbonyl (C=O) groups is 1. The van der Waals surface area contributed by atoms with Gasteiger partial charge in [0.05, 0.1) is 11.7 Å². The number of ketones is 1. The first-order valence-corrected chi connectivity index (χ1v) is 5.54. The predicted octanol–water partition coefficient (Wildman–Crippen LogP) is 2.99. The summed E-state index contributed by atoms with van der Waals surface area (Å²) in [6.07, 6.45) is 2.63.